The normalized spacial score (nSPS) is 10.9. The summed E-state index contributed by atoms with van der Waals surface area (Å²) >= 11 is 3.31. The van der Waals surface area contributed by atoms with Crippen molar-refractivity contribution < 1.29 is 38.1 Å². The van der Waals surface area contributed by atoms with Gasteiger partial charge in [-0.3, -0.25) is 9.59 Å². The van der Waals surface area contributed by atoms with Gasteiger partial charge in [-0.15, -0.1) is 0 Å². The number of rotatable bonds is 13. The molecule has 1 atom stereocenters. The number of carboxylic acid groups (broad SMARTS) is 1. The van der Waals surface area contributed by atoms with E-state index in [4.69, 9.17) is 5.11 Å². The van der Waals surface area contributed by atoms with Crippen LogP contribution in [0.15, 0.2) is 24.3 Å². The van der Waals surface area contributed by atoms with E-state index in [1.54, 1.807) is 0 Å². The van der Waals surface area contributed by atoms with Crippen molar-refractivity contribution in [2.75, 3.05) is 6.54 Å². The van der Waals surface area contributed by atoms with Crippen molar-refractivity contribution in [3.05, 3.63) is 24.3 Å². The predicted molar refractivity (Wildman–Crippen MR) is 99.3 cm³/mol. The first-order chi connectivity index (χ1) is 13.1. The maximum atomic E-state index is 11.8. The molecular weight excluding hydrogens is 394 g/mol. The lowest BCUT2D eigenvalue weighted by molar-refractivity contribution is -0.142. The molecule has 0 heterocycles. The topological polar surface area (TPSA) is 174 Å². The number of carbonyl (C=O) groups excluding carboxylic acids is 4. The second-order valence-electron chi connectivity index (χ2n) is 5.65. The Balaban J connectivity index is 4.22. The third kappa shape index (κ3) is 10.3. The van der Waals surface area contributed by atoms with Crippen LogP contribution in [0, 0.1) is 0 Å². The summed E-state index contributed by atoms with van der Waals surface area (Å²) in [5, 5.41) is 14.0. The third-order valence-electron chi connectivity index (χ3n) is 3.39. The van der Waals surface area contributed by atoms with Gasteiger partial charge in [0.15, 0.2) is 0 Å². The molecule has 1 unspecified atom stereocenters. The van der Waals surface area contributed by atoms with Crippen molar-refractivity contribution in [1.82, 2.24) is 10.6 Å². The standard InChI is InChI=1S/C16H23N3O8S/c1-9(15(24)26-17)8-13(21)19-11(14(22)23)5-3-4-6-18-12(20)7-10(2)16(25)27-28/h11,28H,1-8,17H2,(H,18,20)(H,19,21)(H,22,23). The summed E-state index contributed by atoms with van der Waals surface area (Å²) in [6.07, 6.45) is 0.213. The molecule has 12 heteroatoms. The fourth-order valence-corrected chi connectivity index (χ4v) is 2.08. The van der Waals surface area contributed by atoms with Gasteiger partial charge >= 0.3 is 17.9 Å². The van der Waals surface area contributed by atoms with Crippen molar-refractivity contribution >= 4 is 42.6 Å². The van der Waals surface area contributed by atoms with E-state index in [1.165, 1.54) is 0 Å². The highest BCUT2D eigenvalue weighted by atomic mass is 32.1. The van der Waals surface area contributed by atoms with Gasteiger partial charge in [0.2, 0.25) is 11.8 Å². The zero-order valence-electron chi connectivity index (χ0n) is 15.1. The molecule has 0 aromatic heterocycles. The Morgan fingerprint density at radius 2 is 1.57 bits per heavy atom. The second kappa shape index (κ2) is 13.3. The SMILES string of the molecule is C=C(CC(=O)NC(CCCCNC(=O)CC(=C)C(=O)OS)C(=O)O)C(=O)ON. The lowest BCUT2D eigenvalue weighted by Gasteiger charge is -2.14. The smallest absolute Gasteiger partial charge is 0.352 e. The van der Waals surface area contributed by atoms with Gasteiger partial charge in [0.05, 0.1) is 12.8 Å². The van der Waals surface area contributed by atoms with E-state index in [0.717, 1.165) is 0 Å². The zero-order chi connectivity index (χ0) is 21.7. The number of nitrogens with one attached hydrogen (secondary N) is 2. The molecule has 0 bridgehead atoms. The largest absolute Gasteiger partial charge is 0.480 e. The first-order valence-electron chi connectivity index (χ1n) is 8.03. The molecule has 0 radical (unpaired) electrons. The highest BCUT2D eigenvalue weighted by molar-refractivity contribution is 7.75. The third-order valence-corrected chi connectivity index (χ3v) is 3.56. The molecule has 11 nitrogen and oxygen atoms in total. The zero-order valence-corrected chi connectivity index (χ0v) is 16.0. The highest BCUT2D eigenvalue weighted by Gasteiger charge is 2.21. The van der Waals surface area contributed by atoms with Crippen molar-refractivity contribution in [3.8, 4) is 0 Å². The van der Waals surface area contributed by atoms with E-state index >= 15 is 0 Å². The molecule has 2 amide bonds. The van der Waals surface area contributed by atoms with Gasteiger partial charge in [-0.2, -0.15) is 5.90 Å². The van der Waals surface area contributed by atoms with Crippen LogP contribution in [0.1, 0.15) is 32.1 Å². The number of carboxylic acids is 1. The molecule has 0 fully saturated rings. The highest BCUT2D eigenvalue weighted by Crippen LogP contribution is 2.05. The molecule has 0 aliphatic heterocycles. The fourth-order valence-electron chi connectivity index (χ4n) is 1.95. The summed E-state index contributed by atoms with van der Waals surface area (Å²) in [6.45, 7) is 6.94. The van der Waals surface area contributed by atoms with Crippen LogP contribution in [0.25, 0.3) is 0 Å². The van der Waals surface area contributed by atoms with Gasteiger partial charge in [0.1, 0.15) is 6.04 Å². The Bertz CT molecular complexity index is 650. The minimum Gasteiger partial charge on any atom is -0.480 e. The summed E-state index contributed by atoms with van der Waals surface area (Å²) in [5.74, 6) is 0.482. The molecule has 0 saturated carbocycles. The van der Waals surface area contributed by atoms with Gasteiger partial charge in [0.25, 0.3) is 0 Å². The molecule has 0 rings (SSSR count). The first-order valence-corrected chi connectivity index (χ1v) is 8.40. The number of amides is 2. The van der Waals surface area contributed by atoms with Gasteiger partial charge in [-0.1, -0.05) is 13.2 Å². The molecule has 0 aromatic carbocycles. The number of carbonyl (C=O) groups is 5. The summed E-state index contributed by atoms with van der Waals surface area (Å²) in [5.41, 5.74) is -0.267. The van der Waals surface area contributed by atoms with Crippen molar-refractivity contribution in [2.45, 2.75) is 38.1 Å². The summed E-state index contributed by atoms with van der Waals surface area (Å²) in [6, 6.07) is -1.17. The Morgan fingerprint density at radius 1 is 1.00 bits per heavy atom. The second-order valence-corrected chi connectivity index (χ2v) is 5.83. The molecular formula is C16H23N3O8S. The van der Waals surface area contributed by atoms with Crippen LogP contribution >= 0.6 is 12.9 Å². The van der Waals surface area contributed by atoms with E-state index in [2.05, 4.69) is 51.6 Å². The van der Waals surface area contributed by atoms with E-state index in [-0.39, 0.29) is 30.5 Å². The van der Waals surface area contributed by atoms with Crippen LogP contribution in [-0.4, -0.2) is 47.4 Å². The molecule has 5 N–H and O–H groups in total. The Kier molecular flexibility index (Phi) is 12.0. The van der Waals surface area contributed by atoms with Crippen LogP contribution in [0.4, 0.5) is 0 Å². The molecule has 0 aromatic rings. The number of unbranched alkanes of at least 4 members (excludes halogenated alkanes) is 1. The maximum absolute atomic E-state index is 11.8. The number of thiol groups is 1. The monoisotopic (exact) mass is 417 g/mol. The first kappa shape index (κ1) is 25.1. The minimum absolute atomic E-state index is 0.0544. The molecule has 0 aliphatic rings. The van der Waals surface area contributed by atoms with E-state index in [1.807, 2.05) is 0 Å². The van der Waals surface area contributed by atoms with Gasteiger partial charge in [-0.05, 0) is 19.3 Å². The van der Waals surface area contributed by atoms with E-state index in [0.29, 0.717) is 12.8 Å². The van der Waals surface area contributed by atoms with Crippen LogP contribution in [0.5, 0.6) is 0 Å². The van der Waals surface area contributed by atoms with Crippen LogP contribution in [-0.2, 0) is 33.0 Å². The Morgan fingerprint density at radius 3 is 2.11 bits per heavy atom. The van der Waals surface area contributed by atoms with E-state index in [9.17, 15) is 24.0 Å². The predicted octanol–water partition coefficient (Wildman–Crippen LogP) is -0.460. The molecule has 28 heavy (non-hydrogen) atoms. The maximum Gasteiger partial charge on any atom is 0.352 e. The molecule has 0 spiro atoms. The molecule has 0 saturated heterocycles. The number of hydrogen-bond acceptors (Lipinski definition) is 9. The lowest BCUT2D eigenvalue weighted by Crippen LogP contribution is -2.41. The van der Waals surface area contributed by atoms with Crippen molar-refractivity contribution in [3.63, 3.8) is 0 Å². The van der Waals surface area contributed by atoms with Gasteiger partial charge in [-0.25, -0.2) is 14.4 Å². The number of nitrogens with two attached hydrogens (primary N) is 1. The van der Waals surface area contributed by atoms with Crippen LogP contribution < -0.4 is 16.5 Å². The quantitative estimate of drug-likeness (QED) is 0.0873. The number of hydrogen-bond donors (Lipinski definition) is 5. The fraction of sp³-hybridized carbons (Fsp3) is 0.438. The van der Waals surface area contributed by atoms with Crippen LogP contribution in [0.3, 0.4) is 0 Å². The Hall–Kier alpha value is -2.86. The average molecular weight is 417 g/mol. The van der Waals surface area contributed by atoms with E-state index < -0.39 is 42.2 Å². The lowest BCUT2D eigenvalue weighted by atomic mass is 10.1. The number of aliphatic carboxylic acids is 1. The molecule has 0 aliphatic carbocycles. The summed E-state index contributed by atoms with van der Waals surface area (Å²) in [7, 11) is 0. The average Bonchev–Trinajstić information content (AvgIpc) is 2.64. The Labute approximate surface area is 166 Å². The molecule has 156 valence electrons. The van der Waals surface area contributed by atoms with Crippen molar-refractivity contribution in [1.29, 1.82) is 0 Å². The summed E-state index contributed by atoms with van der Waals surface area (Å²) in [4.78, 5) is 60.6. The van der Waals surface area contributed by atoms with Crippen LogP contribution in [0.2, 0.25) is 0 Å². The van der Waals surface area contributed by atoms with Gasteiger partial charge in [0, 0.05) is 30.6 Å². The summed E-state index contributed by atoms with van der Waals surface area (Å²) < 4.78 is 4.13. The van der Waals surface area contributed by atoms with Gasteiger partial charge < -0.3 is 24.8 Å². The van der Waals surface area contributed by atoms with Crippen molar-refractivity contribution in [2.24, 2.45) is 5.90 Å². The minimum atomic E-state index is -1.24.